The Morgan fingerprint density at radius 3 is 2.61 bits per heavy atom. The molecular weight excluding hydrogens is 503 g/mol. The maximum Gasteiger partial charge on any atom is 0.191 e. The minimum atomic E-state index is 0. The number of guanidine groups is 1. The quantitative estimate of drug-likeness (QED) is 0.166. The lowest BCUT2D eigenvalue weighted by molar-refractivity contribution is 0.623. The summed E-state index contributed by atoms with van der Waals surface area (Å²) in [5, 5.41) is 15.0. The summed E-state index contributed by atoms with van der Waals surface area (Å²) in [5.74, 6) is 2.61. The summed E-state index contributed by atoms with van der Waals surface area (Å²) in [4.78, 5) is 8.94. The van der Waals surface area contributed by atoms with Crippen molar-refractivity contribution in [3.05, 3.63) is 72.6 Å². The van der Waals surface area contributed by atoms with Gasteiger partial charge in [-0.05, 0) is 37.6 Å². The van der Waals surface area contributed by atoms with E-state index in [1.54, 1.807) is 13.4 Å². The van der Waals surface area contributed by atoms with Crippen LogP contribution in [0, 0.1) is 6.92 Å². The second-order valence-electron chi connectivity index (χ2n) is 6.96. The predicted molar refractivity (Wildman–Crippen MR) is 134 cm³/mol. The van der Waals surface area contributed by atoms with Crippen molar-refractivity contribution >= 4 is 41.0 Å². The van der Waals surface area contributed by atoms with Crippen LogP contribution in [0.2, 0.25) is 0 Å². The third kappa shape index (κ3) is 5.40. The summed E-state index contributed by atoms with van der Waals surface area (Å²) < 4.78 is 4.22. The van der Waals surface area contributed by atoms with E-state index in [9.17, 15) is 0 Å². The van der Waals surface area contributed by atoms with Crippen molar-refractivity contribution in [3.8, 4) is 5.69 Å². The van der Waals surface area contributed by atoms with Gasteiger partial charge in [-0.15, -0.1) is 34.2 Å². The number of rotatable bonds is 7. The number of halogens is 1. The molecule has 2 N–H and O–H groups in total. The number of aliphatic imine (C=N–C) groups is 1. The molecule has 0 bridgehead atoms. The third-order valence-electron chi connectivity index (χ3n) is 4.99. The molecule has 0 aliphatic rings. The molecule has 162 valence electrons. The summed E-state index contributed by atoms with van der Waals surface area (Å²) in [6.45, 7) is 4.28. The van der Waals surface area contributed by atoms with Crippen LogP contribution in [0.4, 0.5) is 0 Å². The van der Waals surface area contributed by atoms with Crippen molar-refractivity contribution < 1.29 is 0 Å². The Morgan fingerprint density at radius 2 is 1.81 bits per heavy atom. The second-order valence-corrected chi connectivity index (χ2v) is 6.96. The van der Waals surface area contributed by atoms with Gasteiger partial charge in [0.2, 0.25) is 0 Å². The Morgan fingerprint density at radius 1 is 1.03 bits per heavy atom. The smallest absolute Gasteiger partial charge is 0.191 e. The lowest BCUT2D eigenvalue weighted by Gasteiger charge is -2.13. The van der Waals surface area contributed by atoms with Crippen molar-refractivity contribution in [2.75, 3.05) is 13.6 Å². The molecule has 0 amide bonds. The van der Waals surface area contributed by atoms with Gasteiger partial charge in [-0.3, -0.25) is 9.56 Å². The average molecular weight is 530 g/mol. The van der Waals surface area contributed by atoms with Gasteiger partial charge in [-0.2, -0.15) is 0 Å². The zero-order chi connectivity index (χ0) is 20.8. The number of para-hydroxylation sites is 3. The fourth-order valence-electron chi connectivity index (χ4n) is 3.49. The number of aryl methyl sites for hydroxylation is 2. The standard InChI is InChI=1S/C22H26N8.HI/c1-17-27-19-11-6-7-12-20(19)29(17)14-8-13-24-22(23-2)25-15-21-28-26-16-30(21)18-9-4-3-5-10-18;/h3-7,9-12,16H,8,13-15H2,1-2H3,(H2,23,24,25);1H. The number of aromatic nitrogens is 5. The molecule has 0 aliphatic heterocycles. The van der Waals surface area contributed by atoms with Gasteiger partial charge in [0.05, 0.1) is 17.6 Å². The summed E-state index contributed by atoms with van der Waals surface area (Å²) in [5.41, 5.74) is 3.26. The van der Waals surface area contributed by atoms with Crippen molar-refractivity contribution in [1.29, 1.82) is 0 Å². The first-order chi connectivity index (χ1) is 14.8. The summed E-state index contributed by atoms with van der Waals surface area (Å²) in [6.07, 6.45) is 2.68. The molecule has 2 heterocycles. The molecule has 0 saturated carbocycles. The van der Waals surface area contributed by atoms with E-state index in [1.165, 1.54) is 5.52 Å². The molecule has 0 radical (unpaired) electrons. The van der Waals surface area contributed by atoms with Crippen molar-refractivity contribution in [3.63, 3.8) is 0 Å². The van der Waals surface area contributed by atoms with E-state index in [-0.39, 0.29) is 24.0 Å². The highest BCUT2D eigenvalue weighted by Crippen LogP contribution is 2.15. The van der Waals surface area contributed by atoms with Gasteiger partial charge < -0.3 is 15.2 Å². The number of hydrogen-bond acceptors (Lipinski definition) is 4. The lowest BCUT2D eigenvalue weighted by atomic mass is 10.3. The maximum atomic E-state index is 4.63. The molecule has 0 saturated heterocycles. The minimum Gasteiger partial charge on any atom is -0.356 e. The summed E-state index contributed by atoms with van der Waals surface area (Å²) >= 11 is 0. The van der Waals surface area contributed by atoms with Crippen LogP contribution in [-0.4, -0.2) is 43.9 Å². The molecule has 0 spiro atoms. The van der Waals surface area contributed by atoms with Gasteiger partial charge in [0, 0.05) is 25.8 Å². The molecule has 8 nitrogen and oxygen atoms in total. The Hall–Kier alpha value is -2.95. The normalized spacial score (nSPS) is 11.4. The van der Waals surface area contributed by atoms with Crippen LogP contribution in [-0.2, 0) is 13.1 Å². The van der Waals surface area contributed by atoms with E-state index in [2.05, 4.69) is 60.5 Å². The van der Waals surface area contributed by atoms with Crippen LogP contribution in [0.3, 0.4) is 0 Å². The number of imidazole rings is 1. The number of nitrogens with one attached hydrogen (secondary N) is 2. The van der Waals surface area contributed by atoms with Crippen molar-refractivity contribution in [2.45, 2.75) is 26.4 Å². The van der Waals surface area contributed by atoms with Gasteiger partial charge >= 0.3 is 0 Å². The highest BCUT2D eigenvalue weighted by atomic mass is 127. The number of benzene rings is 2. The highest BCUT2D eigenvalue weighted by Gasteiger charge is 2.08. The molecule has 31 heavy (non-hydrogen) atoms. The van der Waals surface area contributed by atoms with E-state index < -0.39 is 0 Å². The highest BCUT2D eigenvalue weighted by molar-refractivity contribution is 14.0. The van der Waals surface area contributed by atoms with Gasteiger partial charge in [-0.25, -0.2) is 4.98 Å². The van der Waals surface area contributed by atoms with E-state index in [4.69, 9.17) is 0 Å². The van der Waals surface area contributed by atoms with Gasteiger partial charge in [0.25, 0.3) is 0 Å². The van der Waals surface area contributed by atoms with E-state index in [0.717, 1.165) is 48.3 Å². The van der Waals surface area contributed by atoms with Crippen LogP contribution < -0.4 is 10.6 Å². The van der Waals surface area contributed by atoms with E-state index in [0.29, 0.717) is 6.54 Å². The van der Waals surface area contributed by atoms with E-state index >= 15 is 0 Å². The zero-order valence-corrected chi connectivity index (χ0v) is 20.0. The fourth-order valence-corrected chi connectivity index (χ4v) is 3.49. The van der Waals surface area contributed by atoms with Crippen molar-refractivity contribution in [1.82, 2.24) is 34.9 Å². The first-order valence-corrected chi connectivity index (χ1v) is 10.1. The first kappa shape index (κ1) is 22.7. The second kappa shape index (κ2) is 10.9. The molecule has 4 aromatic rings. The largest absolute Gasteiger partial charge is 0.356 e. The third-order valence-corrected chi connectivity index (χ3v) is 4.99. The van der Waals surface area contributed by atoms with Crippen LogP contribution in [0.25, 0.3) is 16.7 Å². The zero-order valence-electron chi connectivity index (χ0n) is 17.7. The molecule has 9 heteroatoms. The Kier molecular flexibility index (Phi) is 7.99. The first-order valence-electron chi connectivity index (χ1n) is 10.1. The van der Waals surface area contributed by atoms with Gasteiger partial charge in [0.15, 0.2) is 11.8 Å². The van der Waals surface area contributed by atoms with Gasteiger partial charge in [0.1, 0.15) is 12.2 Å². The molecule has 2 aromatic heterocycles. The monoisotopic (exact) mass is 530 g/mol. The molecule has 0 aliphatic carbocycles. The Labute approximate surface area is 198 Å². The fraction of sp³-hybridized carbons (Fsp3) is 0.273. The van der Waals surface area contributed by atoms with Crippen LogP contribution in [0.5, 0.6) is 0 Å². The minimum absolute atomic E-state index is 0. The maximum absolute atomic E-state index is 4.63. The van der Waals surface area contributed by atoms with Crippen LogP contribution in [0.15, 0.2) is 65.9 Å². The van der Waals surface area contributed by atoms with Crippen molar-refractivity contribution in [2.24, 2.45) is 4.99 Å². The van der Waals surface area contributed by atoms with Crippen LogP contribution in [0.1, 0.15) is 18.1 Å². The number of fused-ring (bicyclic) bond motifs is 1. The van der Waals surface area contributed by atoms with Crippen LogP contribution >= 0.6 is 24.0 Å². The summed E-state index contributed by atoms with van der Waals surface area (Å²) in [7, 11) is 1.77. The van der Waals surface area contributed by atoms with Gasteiger partial charge in [-0.1, -0.05) is 30.3 Å². The molecule has 2 aromatic carbocycles. The molecular formula is C22H27IN8. The molecule has 0 atom stereocenters. The average Bonchev–Trinajstić information content (AvgIpc) is 3.38. The predicted octanol–water partition coefficient (Wildman–Crippen LogP) is 3.30. The lowest BCUT2D eigenvalue weighted by Crippen LogP contribution is -2.38. The Balaban J connectivity index is 0.00000272. The topological polar surface area (TPSA) is 84.9 Å². The molecule has 0 fully saturated rings. The Bertz CT molecular complexity index is 1130. The number of hydrogen-bond donors (Lipinski definition) is 2. The number of nitrogens with zero attached hydrogens (tertiary/aromatic N) is 6. The molecule has 0 unspecified atom stereocenters. The SMILES string of the molecule is CN=C(NCCCn1c(C)nc2ccccc21)NCc1nncn1-c1ccccc1.I. The van der Waals surface area contributed by atoms with E-state index in [1.807, 2.05) is 41.0 Å². The molecule has 4 rings (SSSR count). The summed E-state index contributed by atoms with van der Waals surface area (Å²) in [6, 6.07) is 18.3.